The van der Waals surface area contributed by atoms with Crippen molar-refractivity contribution < 1.29 is 252 Å². The predicted molar refractivity (Wildman–Crippen MR) is 375 cm³/mol. The predicted octanol–water partition coefficient (Wildman–Crippen LogP) is -21.1. The Kier molecular flexibility index (Phi) is 35.6. The lowest BCUT2D eigenvalue weighted by atomic mass is 9.93. The van der Waals surface area contributed by atoms with Crippen LogP contribution in [0.2, 0.25) is 0 Å². The Morgan fingerprint density at radius 1 is 0.252 bits per heavy atom. The van der Waals surface area contributed by atoms with Crippen molar-refractivity contribution in [1.29, 1.82) is 0 Å². The zero-order valence-corrected chi connectivity index (χ0v) is 65.9. The fourth-order valence-corrected chi connectivity index (χ4v) is 15.8. The van der Waals surface area contributed by atoms with Gasteiger partial charge in [0.25, 0.3) is 0 Å². The first-order chi connectivity index (χ1) is 58.0. The number of hydrogen-bond donors (Lipinski definition) is 31. The van der Waals surface area contributed by atoms with E-state index < -0.39 is 389 Å². The summed E-state index contributed by atoms with van der Waals surface area (Å²) >= 11 is 0. The Hall–Kier alpha value is -4.45. The molecule has 10 fully saturated rings. The summed E-state index contributed by atoms with van der Waals surface area (Å²) in [7, 11) is 0. The van der Waals surface area contributed by atoms with E-state index in [4.69, 9.17) is 90.0 Å². The lowest BCUT2D eigenvalue weighted by molar-refractivity contribution is -0.392. The van der Waals surface area contributed by atoms with Crippen LogP contribution < -0.4 is 21.3 Å². The van der Waals surface area contributed by atoms with Crippen LogP contribution in [0.5, 0.6) is 0 Å². The Labute approximate surface area is 695 Å². The largest absolute Gasteiger partial charge is 0.479 e. The molecule has 10 aliphatic heterocycles. The topological polar surface area (TPSA) is 855 Å². The Bertz CT molecular complexity index is 3380. The van der Waals surface area contributed by atoms with Gasteiger partial charge in [-0.3, -0.25) is 19.2 Å². The summed E-state index contributed by atoms with van der Waals surface area (Å²) in [5.41, 5.74) is 0. The average molecular weight is 1800 g/mol. The summed E-state index contributed by atoms with van der Waals surface area (Å²) in [4.78, 5) is 63.5. The normalized spacial score (nSPS) is 49.4. The van der Waals surface area contributed by atoms with Gasteiger partial charge in [-0.15, -0.1) is 0 Å². The molecule has 4 amide bonds. The van der Waals surface area contributed by atoms with Crippen LogP contribution in [0, 0.1) is 0 Å². The van der Waals surface area contributed by atoms with Gasteiger partial charge < -0.3 is 249 Å². The minimum Gasteiger partial charge on any atom is -0.479 e. The Balaban J connectivity index is 0.876. The van der Waals surface area contributed by atoms with Crippen molar-refractivity contribution in [3.63, 3.8) is 0 Å². The fourth-order valence-electron chi connectivity index (χ4n) is 15.8. The molecule has 55 nitrogen and oxygen atoms in total. The van der Waals surface area contributed by atoms with Crippen molar-refractivity contribution in [2.75, 3.05) is 52.9 Å². The lowest BCUT2D eigenvalue weighted by Gasteiger charge is -2.51. The molecule has 0 aromatic heterocycles. The maximum absolute atomic E-state index is 13.1. The van der Waals surface area contributed by atoms with Gasteiger partial charge in [0.1, 0.15) is 232 Å². The average Bonchev–Trinajstić information content (AvgIpc) is 0.764. The molecule has 55 heteroatoms. The summed E-state index contributed by atoms with van der Waals surface area (Å²) in [6.45, 7) is -3.67. The van der Waals surface area contributed by atoms with Crippen molar-refractivity contribution >= 4 is 29.6 Å². The summed E-state index contributed by atoms with van der Waals surface area (Å²) in [6, 6.07) is -7.59. The van der Waals surface area contributed by atoms with E-state index in [0.717, 1.165) is 27.7 Å². The van der Waals surface area contributed by atoms with Crippen molar-refractivity contribution in [3.05, 3.63) is 0 Å². The summed E-state index contributed by atoms with van der Waals surface area (Å²) < 4.78 is 111. The highest BCUT2D eigenvalue weighted by Crippen LogP contribution is 2.41. The van der Waals surface area contributed by atoms with E-state index in [1.807, 2.05) is 0 Å². The van der Waals surface area contributed by atoms with Gasteiger partial charge in [-0.25, -0.2) is 4.79 Å². The van der Waals surface area contributed by atoms with Crippen LogP contribution in [0.3, 0.4) is 0 Å². The number of carbonyl (C=O) groups excluding carboxylic acids is 4. The summed E-state index contributed by atoms with van der Waals surface area (Å²) in [6.07, 6.45) is -95.6. The van der Waals surface area contributed by atoms with E-state index in [2.05, 4.69) is 21.3 Å². The van der Waals surface area contributed by atoms with Gasteiger partial charge in [-0.05, 0) is 6.92 Å². The highest BCUT2D eigenvalue weighted by Gasteiger charge is 2.62. The maximum Gasteiger partial charge on any atom is 0.335 e. The first-order valence-electron chi connectivity index (χ1n) is 39.0. The Morgan fingerprint density at radius 2 is 0.545 bits per heavy atom. The molecule has 0 unspecified atom stereocenters. The third-order valence-electron chi connectivity index (χ3n) is 22.4. The molecular weight excluding hydrogens is 1690 g/mol. The third-order valence-corrected chi connectivity index (χ3v) is 22.4. The monoisotopic (exact) mass is 1800 g/mol. The maximum atomic E-state index is 13.1. The smallest absolute Gasteiger partial charge is 0.335 e. The second kappa shape index (κ2) is 43.5. The fraction of sp³-hybridized carbons (Fsp3) is 0.926. The molecule has 10 rings (SSSR count). The van der Waals surface area contributed by atoms with Crippen LogP contribution >= 0.6 is 0 Å². The van der Waals surface area contributed by atoms with E-state index >= 15 is 0 Å². The Morgan fingerprint density at radius 3 is 1.02 bits per heavy atom. The second-order valence-corrected chi connectivity index (χ2v) is 31.0. The number of rotatable bonds is 31. The number of ether oxygens (including phenoxy) is 19. The van der Waals surface area contributed by atoms with Crippen LogP contribution in [0.25, 0.3) is 0 Å². The van der Waals surface area contributed by atoms with Crippen LogP contribution in [0.15, 0.2) is 0 Å². The molecule has 710 valence electrons. The molecule has 0 bridgehead atoms. The van der Waals surface area contributed by atoms with Gasteiger partial charge in [0.2, 0.25) is 23.6 Å². The number of aliphatic hydroxyl groups excluding tert-OH is 26. The van der Waals surface area contributed by atoms with Crippen LogP contribution in [0.4, 0.5) is 0 Å². The van der Waals surface area contributed by atoms with E-state index in [-0.39, 0.29) is 0 Å². The minimum absolute atomic E-state index is 0.821. The molecule has 0 saturated carbocycles. The third kappa shape index (κ3) is 22.3. The number of amides is 4. The first kappa shape index (κ1) is 101. The number of hydrogen-bond acceptors (Lipinski definition) is 50. The highest BCUT2D eigenvalue weighted by atomic mass is 16.8. The number of aliphatic hydroxyl groups is 26. The highest BCUT2D eigenvalue weighted by molar-refractivity contribution is 5.75. The van der Waals surface area contributed by atoms with Gasteiger partial charge in [0, 0.05) is 27.7 Å². The van der Waals surface area contributed by atoms with Gasteiger partial charge in [-0.1, -0.05) is 0 Å². The van der Waals surface area contributed by atoms with E-state index in [1.165, 1.54) is 6.92 Å². The molecule has 0 aliphatic carbocycles. The van der Waals surface area contributed by atoms with Crippen LogP contribution in [-0.2, 0) is 114 Å². The number of carboxylic acid groups (broad SMARTS) is 1. The van der Waals surface area contributed by atoms with Gasteiger partial charge in [-0.2, -0.15) is 0 Å². The standard InChI is InChI=1S/C68H112N4O51/c1-14-31(83)39(91)44(96)63(107-14)106-13-26-53(36(88)27(59(104)108-26)69-15(2)79)118-61-29(71-17(4)81)38(90)51(23(10-77)113-61)119-68-49(101)56(35(87)25(115-68)12-105-64-45(97)40(92)32(84)19(6-73)110-64)121-65-47(99)43(95)52(24(11-78)114-65)117-60-28(70-16(3)80)37(89)50(22(9-76)112-60)116-62-30(72-18(5)82)54(33(85)20(7-74)109-62)120-67-48(100)55(34(86)21(8-75)111-67)122-66-46(98)41(93)42(94)57(123-66)58(102)103/h14,19-57,59-68,73-78,83-101,104H,6-13H2,1-5H3,(H,69,79)(H,70,80)(H,71,81)(H,72,82)(H,102,103)/t14-,19+,20+,21+,22+,23+,24+,25+,26+,27+,28+,29+,30+,31+,32+,33-,34-,35+,36+,37+,38+,39+,40-,41-,42-,43+,44-,45-,46+,47-,48+,49-,50+,51+,52+,53+,54+,55-,56-,57-,59+,60-,61-,62-,63+,64-,65+,66+,67-,68-/m0/s1. The van der Waals surface area contributed by atoms with Crippen molar-refractivity contribution in [1.82, 2.24) is 21.3 Å². The molecule has 0 aromatic rings. The van der Waals surface area contributed by atoms with Gasteiger partial charge in [0.15, 0.2) is 69.0 Å². The first-order valence-corrected chi connectivity index (χ1v) is 39.0. The SMILES string of the molecule is CC(=O)N[C@@H]1[C@@H](O)[C@H](O[C@@H]2O[C@H](CO)[C@@H](O[C@@H]3O[C@H](CO[C@H]4O[C@H](CO)[C@@H](O)[C@H](O)[C@@H]4O)[C@@H](O)[C@H](O[C@H]4O[C@H](CO)[C@@H](O[C@@H]5O[C@H](CO)[C@@H](O[C@@H]6O[C@H](CO)[C@H](O)[C@H](O[C@@H]7O[C@H](CO)[C@H](O)[C@H](O[C@@H]8O[C@H](C(=O)O)[C@@H](O)[C@H](O)[C@H]8O)[C@H]7O)[C@H]6NC(C)=O)[C@H](O)[C@H]5NC(C)=O)[C@H](O)[C@@H]4O)[C@@H]3O)[C@H](O)[C@H]2NC(C)=O)[C@@H](CO[C@@H]2O[C@@H](C)[C@@H](O)[C@@H](O)[C@@H]2O)O[C@H]1O. The molecule has 0 radical (unpaired) electrons. The number of aliphatic carboxylic acids is 1. The van der Waals surface area contributed by atoms with Gasteiger partial charge in [0.05, 0.1) is 59.0 Å². The molecule has 10 aliphatic rings. The second-order valence-electron chi connectivity index (χ2n) is 31.0. The molecule has 10 saturated heterocycles. The number of carbonyl (C=O) groups is 5. The van der Waals surface area contributed by atoms with E-state index in [1.54, 1.807) is 0 Å². The zero-order valence-electron chi connectivity index (χ0n) is 65.9. The lowest BCUT2D eigenvalue weighted by Crippen LogP contribution is -2.71. The number of carboxylic acids is 1. The summed E-state index contributed by atoms with van der Waals surface area (Å²) in [5.74, 6) is -5.59. The number of nitrogens with one attached hydrogen (secondary N) is 4. The minimum atomic E-state index is -2.51. The van der Waals surface area contributed by atoms with Crippen molar-refractivity contribution in [3.8, 4) is 0 Å². The molecule has 10 heterocycles. The van der Waals surface area contributed by atoms with Gasteiger partial charge >= 0.3 is 5.97 Å². The quantitative estimate of drug-likeness (QED) is 0.0306. The van der Waals surface area contributed by atoms with Crippen LogP contribution in [-0.4, -0.2) is 527 Å². The molecule has 31 N–H and O–H groups in total. The molecule has 50 atom stereocenters. The van der Waals surface area contributed by atoms with Crippen LogP contribution in [0.1, 0.15) is 34.6 Å². The molecule has 0 aromatic carbocycles. The molecular formula is C68H112N4O51. The zero-order chi connectivity index (χ0) is 90.7. The van der Waals surface area contributed by atoms with Crippen molar-refractivity contribution in [2.24, 2.45) is 0 Å². The summed E-state index contributed by atoms with van der Waals surface area (Å²) in [5, 5.41) is 309. The van der Waals surface area contributed by atoms with Crippen molar-refractivity contribution in [2.45, 2.75) is 341 Å². The van der Waals surface area contributed by atoms with E-state index in [9.17, 15) is 162 Å². The van der Waals surface area contributed by atoms with E-state index in [0.29, 0.717) is 0 Å². The molecule has 123 heavy (non-hydrogen) atoms. The molecule has 0 spiro atoms.